The van der Waals surface area contributed by atoms with E-state index in [0.29, 0.717) is 11.5 Å². The molecule has 8 nitrogen and oxygen atoms in total. The minimum atomic E-state index is -3.71. The Morgan fingerprint density at radius 1 is 1.07 bits per heavy atom. The average molecular weight is 432 g/mol. The predicted molar refractivity (Wildman–Crippen MR) is 109 cm³/mol. The molecule has 9 heteroatoms. The van der Waals surface area contributed by atoms with Gasteiger partial charge in [0.1, 0.15) is 0 Å². The molecule has 30 heavy (non-hydrogen) atoms. The van der Waals surface area contributed by atoms with Gasteiger partial charge in [0.25, 0.3) is 5.91 Å². The molecule has 2 aromatic carbocycles. The zero-order valence-corrected chi connectivity index (χ0v) is 17.6. The number of carbonyl (C=O) groups excluding carboxylic acids is 1. The quantitative estimate of drug-likeness (QED) is 0.778. The van der Waals surface area contributed by atoms with Crippen LogP contribution in [0.2, 0.25) is 0 Å². The summed E-state index contributed by atoms with van der Waals surface area (Å²) in [6.07, 6.45) is -0.367. The van der Waals surface area contributed by atoms with Crippen LogP contribution in [-0.4, -0.2) is 50.7 Å². The molecule has 0 saturated carbocycles. The lowest BCUT2D eigenvalue weighted by molar-refractivity contribution is -0.0440. The Morgan fingerprint density at radius 2 is 1.80 bits per heavy atom. The number of carbonyl (C=O) groups is 1. The summed E-state index contributed by atoms with van der Waals surface area (Å²) in [6.45, 7) is 4.73. The molecule has 0 radical (unpaired) electrons. The highest BCUT2D eigenvalue weighted by atomic mass is 32.2. The minimum absolute atomic E-state index is 0.0968. The Bertz CT molecular complexity index is 1050. The number of hydrogen-bond acceptors (Lipinski definition) is 6. The van der Waals surface area contributed by atoms with Crippen LogP contribution in [-0.2, 0) is 21.3 Å². The van der Waals surface area contributed by atoms with Crippen LogP contribution < -0.4 is 14.8 Å². The van der Waals surface area contributed by atoms with Crippen molar-refractivity contribution in [3.05, 3.63) is 53.6 Å². The molecule has 2 aliphatic rings. The molecule has 0 unspecified atom stereocenters. The monoisotopic (exact) mass is 432 g/mol. The molecule has 1 fully saturated rings. The number of hydrogen-bond donors (Lipinski definition) is 1. The van der Waals surface area contributed by atoms with Crippen LogP contribution in [0.3, 0.4) is 0 Å². The molecule has 1 amide bonds. The third kappa shape index (κ3) is 4.28. The van der Waals surface area contributed by atoms with Gasteiger partial charge in [-0.1, -0.05) is 12.1 Å². The van der Waals surface area contributed by atoms with Gasteiger partial charge in [0, 0.05) is 25.2 Å². The van der Waals surface area contributed by atoms with E-state index in [-0.39, 0.29) is 55.0 Å². The van der Waals surface area contributed by atoms with Crippen LogP contribution in [0.15, 0.2) is 47.4 Å². The second-order valence-electron chi connectivity index (χ2n) is 7.48. The highest BCUT2D eigenvalue weighted by Gasteiger charge is 2.32. The van der Waals surface area contributed by atoms with Crippen LogP contribution in [0.5, 0.6) is 11.5 Å². The Morgan fingerprint density at radius 3 is 2.57 bits per heavy atom. The fourth-order valence-electron chi connectivity index (χ4n) is 3.61. The number of fused-ring (bicyclic) bond motifs is 1. The molecule has 4 rings (SSSR count). The lowest BCUT2D eigenvalue weighted by Crippen LogP contribution is -2.48. The molecule has 0 aliphatic carbocycles. The van der Waals surface area contributed by atoms with Crippen molar-refractivity contribution in [1.29, 1.82) is 0 Å². The van der Waals surface area contributed by atoms with Crippen LogP contribution in [0, 0.1) is 0 Å². The third-order valence-corrected chi connectivity index (χ3v) is 6.84. The normalized spacial score (nSPS) is 21.4. The zero-order valence-electron chi connectivity index (χ0n) is 16.8. The van der Waals surface area contributed by atoms with Gasteiger partial charge in [0.15, 0.2) is 11.5 Å². The summed E-state index contributed by atoms with van der Waals surface area (Å²) in [6, 6.07) is 11.5. The lowest BCUT2D eigenvalue weighted by atomic mass is 10.2. The molecular formula is C21H24N2O6S. The number of sulfonamides is 1. The van der Waals surface area contributed by atoms with Crippen molar-refractivity contribution >= 4 is 15.9 Å². The molecule has 0 bridgehead atoms. The van der Waals surface area contributed by atoms with Crippen molar-refractivity contribution in [2.75, 3.05) is 19.9 Å². The Hall–Kier alpha value is -2.62. The van der Waals surface area contributed by atoms with E-state index >= 15 is 0 Å². The van der Waals surface area contributed by atoms with Crippen molar-refractivity contribution in [2.45, 2.75) is 37.5 Å². The number of nitrogens with zero attached hydrogens (tertiary/aromatic N) is 1. The van der Waals surface area contributed by atoms with Crippen LogP contribution in [0.4, 0.5) is 0 Å². The zero-order chi connectivity index (χ0) is 21.3. The summed E-state index contributed by atoms with van der Waals surface area (Å²) in [4.78, 5) is 12.7. The second-order valence-corrected chi connectivity index (χ2v) is 9.42. The molecule has 2 heterocycles. The molecular weight excluding hydrogens is 408 g/mol. The van der Waals surface area contributed by atoms with Crippen molar-refractivity contribution in [3.63, 3.8) is 0 Å². The van der Waals surface area contributed by atoms with Crippen LogP contribution in [0.1, 0.15) is 29.8 Å². The fraction of sp³-hybridized carbons (Fsp3) is 0.381. The molecule has 2 aliphatic heterocycles. The third-order valence-electron chi connectivity index (χ3n) is 5.01. The lowest BCUT2D eigenvalue weighted by Gasteiger charge is -2.34. The Balaban J connectivity index is 1.46. The summed E-state index contributed by atoms with van der Waals surface area (Å²) in [5.41, 5.74) is 1.14. The topological polar surface area (TPSA) is 94.2 Å². The molecule has 1 N–H and O–H groups in total. The number of morpholine rings is 1. The van der Waals surface area contributed by atoms with Gasteiger partial charge in [-0.05, 0) is 49.7 Å². The van der Waals surface area contributed by atoms with E-state index in [4.69, 9.17) is 14.2 Å². The second kappa shape index (κ2) is 8.25. The van der Waals surface area contributed by atoms with Crippen molar-refractivity contribution in [2.24, 2.45) is 0 Å². The molecule has 2 aromatic rings. The van der Waals surface area contributed by atoms with Gasteiger partial charge in [0.05, 0.1) is 17.1 Å². The number of nitrogens with one attached hydrogen (secondary N) is 1. The van der Waals surface area contributed by atoms with Crippen LogP contribution in [0.25, 0.3) is 0 Å². The molecule has 0 spiro atoms. The summed E-state index contributed by atoms with van der Waals surface area (Å²) >= 11 is 0. The summed E-state index contributed by atoms with van der Waals surface area (Å²) < 4.78 is 43.8. The van der Waals surface area contributed by atoms with E-state index in [9.17, 15) is 13.2 Å². The SMILES string of the molecule is C[C@@H]1CN(S(=O)(=O)c2cccc(C(=O)NCc3ccc4c(c3)OCO4)c2)C[C@H](C)O1. The number of rotatable bonds is 5. The van der Waals surface area contributed by atoms with E-state index in [1.54, 1.807) is 18.2 Å². The van der Waals surface area contributed by atoms with E-state index in [0.717, 1.165) is 5.56 Å². The highest BCUT2D eigenvalue weighted by Crippen LogP contribution is 2.32. The largest absolute Gasteiger partial charge is 0.454 e. The molecule has 1 saturated heterocycles. The predicted octanol–water partition coefficient (Wildman–Crippen LogP) is 2.14. The number of benzene rings is 2. The highest BCUT2D eigenvalue weighted by molar-refractivity contribution is 7.89. The smallest absolute Gasteiger partial charge is 0.251 e. The van der Waals surface area contributed by atoms with Gasteiger partial charge in [-0.2, -0.15) is 4.31 Å². The number of amides is 1. The number of ether oxygens (including phenoxy) is 3. The van der Waals surface area contributed by atoms with E-state index in [1.165, 1.54) is 16.4 Å². The first-order chi connectivity index (χ1) is 14.3. The first-order valence-corrected chi connectivity index (χ1v) is 11.2. The summed E-state index contributed by atoms with van der Waals surface area (Å²) in [5.74, 6) is 0.965. The van der Waals surface area contributed by atoms with Gasteiger partial charge < -0.3 is 19.5 Å². The van der Waals surface area contributed by atoms with Crippen molar-refractivity contribution < 1.29 is 27.4 Å². The molecule has 160 valence electrons. The summed E-state index contributed by atoms with van der Waals surface area (Å²) in [5, 5.41) is 2.82. The summed E-state index contributed by atoms with van der Waals surface area (Å²) in [7, 11) is -3.71. The molecule has 0 aromatic heterocycles. The van der Waals surface area contributed by atoms with E-state index < -0.39 is 10.0 Å². The van der Waals surface area contributed by atoms with Gasteiger partial charge in [0.2, 0.25) is 16.8 Å². The molecule has 2 atom stereocenters. The van der Waals surface area contributed by atoms with Gasteiger partial charge in [-0.3, -0.25) is 4.79 Å². The van der Waals surface area contributed by atoms with Gasteiger partial charge in [-0.15, -0.1) is 0 Å². The van der Waals surface area contributed by atoms with Crippen molar-refractivity contribution in [1.82, 2.24) is 9.62 Å². The standard InChI is InChI=1S/C21H24N2O6S/c1-14-11-23(12-15(2)29-14)30(25,26)18-5-3-4-17(9-18)21(24)22-10-16-6-7-19-20(8-16)28-13-27-19/h3-9,14-15H,10-13H2,1-2H3,(H,22,24)/t14-,15+. The maximum absolute atomic E-state index is 13.1. The van der Waals surface area contributed by atoms with E-state index in [1.807, 2.05) is 26.0 Å². The Kier molecular flexibility index (Phi) is 5.68. The van der Waals surface area contributed by atoms with E-state index in [2.05, 4.69) is 5.32 Å². The first kappa shape index (κ1) is 20.6. The maximum Gasteiger partial charge on any atom is 0.251 e. The Labute approximate surface area is 175 Å². The van der Waals surface area contributed by atoms with Crippen LogP contribution >= 0.6 is 0 Å². The maximum atomic E-state index is 13.1. The minimum Gasteiger partial charge on any atom is -0.454 e. The van der Waals surface area contributed by atoms with Crippen molar-refractivity contribution in [3.8, 4) is 11.5 Å². The van der Waals surface area contributed by atoms with Gasteiger partial charge >= 0.3 is 0 Å². The first-order valence-electron chi connectivity index (χ1n) is 9.75. The van der Waals surface area contributed by atoms with Gasteiger partial charge in [-0.25, -0.2) is 8.42 Å². The average Bonchev–Trinajstić information content (AvgIpc) is 3.19. The fourth-order valence-corrected chi connectivity index (χ4v) is 5.25.